The van der Waals surface area contributed by atoms with Gasteiger partial charge in [-0.1, -0.05) is 33.1 Å². The Labute approximate surface area is 177 Å². The van der Waals surface area contributed by atoms with Crippen molar-refractivity contribution in [3.8, 4) is 0 Å². The summed E-state index contributed by atoms with van der Waals surface area (Å²) in [6, 6.07) is 0. The van der Waals surface area contributed by atoms with E-state index in [0.717, 1.165) is 38.7 Å². The number of carbonyl (C=O) groups is 1. The van der Waals surface area contributed by atoms with Crippen molar-refractivity contribution in [3.63, 3.8) is 0 Å². The molecule has 0 radical (unpaired) electrons. The van der Waals surface area contributed by atoms with Crippen LogP contribution in [0.2, 0.25) is 0 Å². The average molecular weight is 410 g/mol. The second-order valence-electron chi connectivity index (χ2n) is 8.85. The third-order valence-electron chi connectivity index (χ3n) is 5.58. The molecule has 0 aromatic carbocycles. The first kappa shape index (κ1) is 23.9. The number of carbonyl (C=O) groups excluding carboxylic acids is 1. The molecule has 1 saturated heterocycles. The summed E-state index contributed by atoms with van der Waals surface area (Å²) >= 11 is 0. The van der Waals surface area contributed by atoms with Crippen LogP contribution in [0.3, 0.4) is 0 Å². The number of morpholine rings is 1. The van der Waals surface area contributed by atoms with Crippen LogP contribution >= 0.6 is 0 Å². The van der Waals surface area contributed by atoms with Gasteiger partial charge in [0.25, 0.3) is 0 Å². The highest BCUT2D eigenvalue weighted by Crippen LogP contribution is 2.25. The maximum Gasteiger partial charge on any atom is 0.220 e. The molecule has 0 bridgehead atoms. The number of nitrogens with zero attached hydrogens (tertiary/aromatic N) is 2. The Balaban J connectivity index is 1.65. The summed E-state index contributed by atoms with van der Waals surface area (Å²) in [5.74, 6) is 2.23. The number of amides is 1. The van der Waals surface area contributed by atoms with Gasteiger partial charge in [-0.05, 0) is 31.6 Å². The van der Waals surface area contributed by atoms with Crippen LogP contribution in [0.4, 0.5) is 0 Å². The highest BCUT2D eigenvalue weighted by atomic mass is 16.5. The maximum absolute atomic E-state index is 12.1. The lowest BCUT2D eigenvalue weighted by Crippen LogP contribution is -2.46. The first-order valence-corrected chi connectivity index (χ1v) is 11.7. The molecule has 1 heterocycles. The maximum atomic E-state index is 12.1. The Morgan fingerprint density at radius 3 is 2.62 bits per heavy atom. The summed E-state index contributed by atoms with van der Waals surface area (Å²) in [6.07, 6.45) is 7.13. The van der Waals surface area contributed by atoms with Crippen LogP contribution in [0.15, 0.2) is 4.99 Å². The van der Waals surface area contributed by atoms with E-state index in [9.17, 15) is 4.79 Å². The first-order chi connectivity index (χ1) is 14.1. The number of ether oxygens (including phenoxy) is 1. The Hall–Kier alpha value is -1.34. The fourth-order valence-corrected chi connectivity index (χ4v) is 4.22. The zero-order chi connectivity index (χ0) is 20.9. The molecule has 0 spiro atoms. The smallest absolute Gasteiger partial charge is 0.220 e. The molecule has 168 valence electrons. The van der Waals surface area contributed by atoms with Gasteiger partial charge in [0.15, 0.2) is 5.96 Å². The van der Waals surface area contributed by atoms with Crippen molar-refractivity contribution in [2.45, 2.75) is 65.4 Å². The molecule has 0 aromatic heterocycles. The van der Waals surface area contributed by atoms with Crippen molar-refractivity contribution in [1.82, 2.24) is 20.9 Å². The summed E-state index contributed by atoms with van der Waals surface area (Å²) in [6.45, 7) is 13.2. The number of rotatable bonds is 10. The van der Waals surface area contributed by atoms with Gasteiger partial charge < -0.3 is 20.7 Å². The average Bonchev–Trinajstić information content (AvgIpc) is 2.70. The molecular weight excluding hydrogens is 366 g/mol. The van der Waals surface area contributed by atoms with Crippen LogP contribution in [0.25, 0.3) is 0 Å². The van der Waals surface area contributed by atoms with Crippen LogP contribution in [0.5, 0.6) is 0 Å². The number of aliphatic imine (C=N–C) groups is 1. The third-order valence-corrected chi connectivity index (χ3v) is 5.58. The van der Waals surface area contributed by atoms with Crippen LogP contribution < -0.4 is 16.0 Å². The second-order valence-corrected chi connectivity index (χ2v) is 8.85. The van der Waals surface area contributed by atoms with E-state index in [2.05, 4.69) is 41.6 Å². The van der Waals surface area contributed by atoms with Crippen molar-refractivity contribution in [2.24, 2.45) is 16.8 Å². The lowest BCUT2D eigenvalue weighted by molar-refractivity contribution is -0.122. The van der Waals surface area contributed by atoms with E-state index in [1.54, 1.807) is 0 Å². The quantitative estimate of drug-likeness (QED) is 0.292. The lowest BCUT2D eigenvalue weighted by Gasteiger charge is -2.33. The minimum absolute atomic E-state index is 0.146. The zero-order valence-electron chi connectivity index (χ0n) is 18.8. The van der Waals surface area contributed by atoms with Gasteiger partial charge in [0.1, 0.15) is 0 Å². The van der Waals surface area contributed by atoms with Gasteiger partial charge in [0.2, 0.25) is 5.91 Å². The molecule has 1 atom stereocenters. The molecule has 1 saturated carbocycles. The molecule has 1 aliphatic carbocycles. The van der Waals surface area contributed by atoms with Crippen LogP contribution in [-0.2, 0) is 9.53 Å². The van der Waals surface area contributed by atoms with Crippen LogP contribution in [0.1, 0.15) is 59.3 Å². The molecular formula is C22H43N5O2. The second kappa shape index (κ2) is 13.8. The molecule has 0 aromatic rings. The van der Waals surface area contributed by atoms with Gasteiger partial charge in [-0.3, -0.25) is 14.7 Å². The van der Waals surface area contributed by atoms with Crippen LogP contribution in [-0.4, -0.2) is 75.3 Å². The fraction of sp³-hybridized carbons (Fsp3) is 0.909. The highest BCUT2D eigenvalue weighted by Gasteiger charge is 2.21. The molecule has 2 fully saturated rings. The summed E-state index contributed by atoms with van der Waals surface area (Å²) < 4.78 is 5.89. The lowest BCUT2D eigenvalue weighted by atomic mass is 9.87. The van der Waals surface area contributed by atoms with Gasteiger partial charge in [-0.15, -0.1) is 0 Å². The van der Waals surface area contributed by atoms with Gasteiger partial charge in [0, 0.05) is 45.7 Å². The normalized spacial score (nSPS) is 21.9. The van der Waals surface area contributed by atoms with Crippen molar-refractivity contribution in [3.05, 3.63) is 0 Å². The van der Waals surface area contributed by atoms with E-state index in [1.165, 1.54) is 32.1 Å². The van der Waals surface area contributed by atoms with E-state index in [0.29, 0.717) is 37.9 Å². The standard InChI is InChI=1S/C22H43N5O2/c1-4-23-22(26-15-20-17-27(12-13-29-20)16-18(2)3)25-11-10-24-21(28)14-19-8-6-5-7-9-19/h18-20H,4-17H2,1-3H3,(H,24,28)(H2,23,25,26). The van der Waals surface area contributed by atoms with Gasteiger partial charge in [-0.2, -0.15) is 0 Å². The largest absolute Gasteiger partial charge is 0.374 e. The number of hydrogen-bond acceptors (Lipinski definition) is 4. The molecule has 2 aliphatic rings. The molecule has 1 amide bonds. The highest BCUT2D eigenvalue weighted by molar-refractivity contribution is 5.80. The Morgan fingerprint density at radius 2 is 1.90 bits per heavy atom. The summed E-state index contributed by atoms with van der Waals surface area (Å²) in [7, 11) is 0. The van der Waals surface area contributed by atoms with Crippen molar-refractivity contribution >= 4 is 11.9 Å². The van der Waals surface area contributed by atoms with Gasteiger partial charge in [-0.25, -0.2) is 0 Å². The molecule has 29 heavy (non-hydrogen) atoms. The third kappa shape index (κ3) is 10.3. The minimum atomic E-state index is 0.146. The SMILES string of the molecule is CCNC(=NCC1CN(CC(C)C)CCO1)NCCNC(=O)CC1CCCCC1. The van der Waals surface area contributed by atoms with Gasteiger partial charge in [0.05, 0.1) is 19.3 Å². The predicted octanol–water partition coefficient (Wildman–Crippen LogP) is 1.98. The Bertz CT molecular complexity index is 492. The van der Waals surface area contributed by atoms with E-state index < -0.39 is 0 Å². The van der Waals surface area contributed by atoms with Gasteiger partial charge >= 0.3 is 0 Å². The van der Waals surface area contributed by atoms with E-state index >= 15 is 0 Å². The molecule has 3 N–H and O–H groups in total. The van der Waals surface area contributed by atoms with E-state index in [-0.39, 0.29) is 12.0 Å². The molecule has 7 heteroatoms. The number of nitrogens with one attached hydrogen (secondary N) is 3. The number of guanidine groups is 1. The topological polar surface area (TPSA) is 78.0 Å². The summed E-state index contributed by atoms with van der Waals surface area (Å²) in [4.78, 5) is 19.3. The molecule has 1 aliphatic heterocycles. The predicted molar refractivity (Wildman–Crippen MR) is 119 cm³/mol. The summed E-state index contributed by atoms with van der Waals surface area (Å²) in [5.41, 5.74) is 0. The molecule has 2 rings (SSSR count). The monoisotopic (exact) mass is 409 g/mol. The van der Waals surface area contributed by atoms with Crippen molar-refractivity contribution in [2.75, 3.05) is 52.4 Å². The van der Waals surface area contributed by atoms with E-state index in [4.69, 9.17) is 9.73 Å². The molecule has 1 unspecified atom stereocenters. The van der Waals surface area contributed by atoms with E-state index in [1.807, 2.05) is 0 Å². The van der Waals surface area contributed by atoms with Crippen molar-refractivity contribution < 1.29 is 9.53 Å². The Kier molecular flexibility index (Phi) is 11.4. The number of hydrogen-bond donors (Lipinski definition) is 3. The molecule has 7 nitrogen and oxygen atoms in total. The first-order valence-electron chi connectivity index (χ1n) is 11.7. The zero-order valence-corrected chi connectivity index (χ0v) is 18.8. The fourth-order valence-electron chi connectivity index (χ4n) is 4.22. The van der Waals surface area contributed by atoms with Crippen LogP contribution in [0, 0.1) is 11.8 Å². The minimum Gasteiger partial charge on any atom is -0.374 e. The Morgan fingerprint density at radius 1 is 1.14 bits per heavy atom. The van der Waals surface area contributed by atoms with Crippen molar-refractivity contribution in [1.29, 1.82) is 0 Å². The summed E-state index contributed by atoms with van der Waals surface area (Å²) in [5, 5.41) is 9.64.